The minimum Gasteiger partial charge on any atom is -0.493 e. The van der Waals surface area contributed by atoms with Crippen molar-refractivity contribution in [3.8, 4) is 11.5 Å². The first kappa shape index (κ1) is 23.0. The fraction of sp³-hybridized carbons (Fsp3) is 0.143. The lowest BCUT2D eigenvalue weighted by molar-refractivity contribution is 0.340. The van der Waals surface area contributed by atoms with E-state index in [1.54, 1.807) is 12.4 Å². The largest absolute Gasteiger partial charge is 0.493 e. The Morgan fingerprint density at radius 1 is 0.778 bits per heavy atom. The first-order chi connectivity index (χ1) is 17.8. The van der Waals surface area contributed by atoms with E-state index in [2.05, 4.69) is 44.0 Å². The van der Waals surface area contributed by atoms with Crippen molar-refractivity contribution >= 4 is 39.9 Å². The van der Waals surface area contributed by atoms with Gasteiger partial charge in [0, 0.05) is 11.1 Å². The van der Waals surface area contributed by atoms with Crippen LogP contribution in [0.4, 0.5) is 5.95 Å². The highest BCUT2D eigenvalue weighted by molar-refractivity contribution is 6.03. The summed E-state index contributed by atoms with van der Waals surface area (Å²) in [6, 6.07) is 24.2. The molecular weight excluding hydrogens is 452 g/mol. The van der Waals surface area contributed by atoms with Crippen LogP contribution in [-0.2, 0) is 0 Å². The predicted octanol–water partition coefficient (Wildman–Crippen LogP) is 5.71. The molecule has 0 fully saturated rings. The fourth-order valence-corrected chi connectivity index (χ4v) is 4.04. The number of benzene rings is 4. The summed E-state index contributed by atoms with van der Waals surface area (Å²) in [5.74, 6) is 1.90. The van der Waals surface area contributed by atoms with Gasteiger partial charge in [-0.25, -0.2) is 5.43 Å². The monoisotopic (exact) mass is 478 g/mol. The van der Waals surface area contributed by atoms with E-state index in [1.807, 2.05) is 68.4 Å². The van der Waals surface area contributed by atoms with Gasteiger partial charge in [0.25, 0.3) is 5.95 Å². The first-order valence-electron chi connectivity index (χ1n) is 11.8. The molecule has 180 valence electrons. The molecule has 0 aliphatic carbocycles. The SMILES string of the molecule is CCOc1ccc2ccccc2c1/C=N/Nc1nncn1/N=C/c1c(OCC)ccc2ccccc12. The zero-order valence-corrected chi connectivity index (χ0v) is 20.1. The maximum atomic E-state index is 5.84. The van der Waals surface area contributed by atoms with Crippen molar-refractivity contribution in [1.29, 1.82) is 0 Å². The number of hydrogen-bond acceptors (Lipinski definition) is 7. The Hall–Kier alpha value is -4.72. The van der Waals surface area contributed by atoms with Crippen LogP contribution >= 0.6 is 0 Å². The van der Waals surface area contributed by atoms with Gasteiger partial charge < -0.3 is 9.47 Å². The molecule has 0 atom stereocenters. The minimum absolute atomic E-state index is 0.374. The normalized spacial score (nSPS) is 11.6. The number of fused-ring (bicyclic) bond motifs is 2. The average Bonchev–Trinajstić information content (AvgIpc) is 3.36. The summed E-state index contributed by atoms with van der Waals surface area (Å²) in [7, 11) is 0. The van der Waals surface area contributed by atoms with E-state index < -0.39 is 0 Å². The quantitative estimate of drug-likeness (QED) is 0.217. The zero-order valence-electron chi connectivity index (χ0n) is 20.1. The Morgan fingerprint density at radius 3 is 1.97 bits per heavy atom. The lowest BCUT2D eigenvalue weighted by Gasteiger charge is -2.10. The van der Waals surface area contributed by atoms with Crippen molar-refractivity contribution in [3.63, 3.8) is 0 Å². The molecule has 1 heterocycles. The lowest BCUT2D eigenvalue weighted by atomic mass is 10.0. The molecule has 0 bridgehead atoms. The van der Waals surface area contributed by atoms with Gasteiger partial charge in [-0.05, 0) is 47.5 Å². The molecule has 8 heteroatoms. The lowest BCUT2D eigenvalue weighted by Crippen LogP contribution is -2.02. The molecule has 8 nitrogen and oxygen atoms in total. The van der Waals surface area contributed by atoms with Crippen LogP contribution in [0.1, 0.15) is 25.0 Å². The van der Waals surface area contributed by atoms with Gasteiger partial charge in [0.05, 0.1) is 25.6 Å². The molecule has 0 unspecified atom stereocenters. The second kappa shape index (κ2) is 10.7. The van der Waals surface area contributed by atoms with Crippen molar-refractivity contribution in [2.45, 2.75) is 13.8 Å². The molecule has 5 rings (SSSR count). The van der Waals surface area contributed by atoms with Crippen molar-refractivity contribution < 1.29 is 9.47 Å². The Balaban J connectivity index is 1.43. The van der Waals surface area contributed by atoms with Crippen molar-refractivity contribution in [1.82, 2.24) is 14.9 Å². The van der Waals surface area contributed by atoms with E-state index in [-0.39, 0.29) is 0 Å². The van der Waals surface area contributed by atoms with Gasteiger partial charge in [0.15, 0.2) is 0 Å². The predicted molar refractivity (Wildman–Crippen MR) is 144 cm³/mol. The van der Waals surface area contributed by atoms with Crippen LogP contribution in [0, 0.1) is 0 Å². The number of nitrogens with one attached hydrogen (secondary N) is 1. The van der Waals surface area contributed by atoms with Gasteiger partial charge in [-0.2, -0.15) is 14.9 Å². The molecule has 5 aromatic rings. The second-order valence-electron chi connectivity index (χ2n) is 7.88. The van der Waals surface area contributed by atoms with Gasteiger partial charge in [0.1, 0.15) is 17.8 Å². The standard InChI is InChI=1S/C28H26N6O2/c1-3-35-26-15-13-20-9-5-7-11-22(20)24(26)17-29-32-28-33-30-19-34(28)31-18-25-23-12-8-6-10-21(23)14-16-27(25)36-4-2/h5-19H,3-4H2,1-2H3,(H,32,33)/b29-17+,31-18+. The van der Waals surface area contributed by atoms with Crippen LogP contribution in [0.15, 0.2) is 89.3 Å². The van der Waals surface area contributed by atoms with Crippen LogP contribution in [0.2, 0.25) is 0 Å². The van der Waals surface area contributed by atoms with E-state index in [0.29, 0.717) is 19.2 Å². The first-order valence-corrected chi connectivity index (χ1v) is 11.8. The highest BCUT2D eigenvalue weighted by atomic mass is 16.5. The molecule has 0 saturated carbocycles. The molecule has 1 N–H and O–H groups in total. The summed E-state index contributed by atoms with van der Waals surface area (Å²) >= 11 is 0. The fourth-order valence-electron chi connectivity index (χ4n) is 4.04. The van der Waals surface area contributed by atoms with Crippen LogP contribution in [0.5, 0.6) is 11.5 Å². The van der Waals surface area contributed by atoms with E-state index in [4.69, 9.17) is 9.47 Å². The highest BCUT2D eigenvalue weighted by Gasteiger charge is 2.09. The smallest absolute Gasteiger partial charge is 0.265 e. The number of nitrogens with zero attached hydrogens (tertiary/aromatic N) is 5. The van der Waals surface area contributed by atoms with Crippen LogP contribution in [0.25, 0.3) is 21.5 Å². The zero-order chi connectivity index (χ0) is 24.7. The van der Waals surface area contributed by atoms with Crippen molar-refractivity contribution in [3.05, 3.63) is 90.3 Å². The van der Waals surface area contributed by atoms with Gasteiger partial charge in [-0.3, -0.25) is 0 Å². The molecular formula is C28H26N6O2. The summed E-state index contributed by atoms with van der Waals surface area (Å²) in [5, 5.41) is 21.4. The maximum Gasteiger partial charge on any atom is 0.265 e. The second-order valence-corrected chi connectivity index (χ2v) is 7.88. The van der Waals surface area contributed by atoms with Crippen LogP contribution in [-0.4, -0.2) is 40.5 Å². The summed E-state index contributed by atoms with van der Waals surface area (Å²) < 4.78 is 13.2. The van der Waals surface area contributed by atoms with Crippen molar-refractivity contribution in [2.75, 3.05) is 18.6 Å². The van der Waals surface area contributed by atoms with Crippen molar-refractivity contribution in [2.24, 2.45) is 10.2 Å². The Morgan fingerprint density at radius 2 is 1.36 bits per heavy atom. The average molecular weight is 479 g/mol. The summed E-state index contributed by atoms with van der Waals surface area (Å²) in [6.45, 7) is 5.05. The van der Waals surface area contributed by atoms with E-state index in [0.717, 1.165) is 44.2 Å². The molecule has 36 heavy (non-hydrogen) atoms. The summed E-state index contributed by atoms with van der Waals surface area (Å²) in [4.78, 5) is 0. The summed E-state index contributed by atoms with van der Waals surface area (Å²) in [5.41, 5.74) is 4.72. The number of aromatic nitrogens is 3. The number of rotatable bonds is 9. The van der Waals surface area contributed by atoms with Gasteiger partial charge in [-0.15, -0.1) is 10.2 Å². The number of hydrazone groups is 1. The third-order valence-electron chi connectivity index (χ3n) is 5.66. The van der Waals surface area contributed by atoms with Gasteiger partial charge >= 0.3 is 0 Å². The third-order valence-corrected chi connectivity index (χ3v) is 5.66. The molecule has 0 spiro atoms. The van der Waals surface area contributed by atoms with E-state index in [1.165, 1.54) is 11.0 Å². The molecule has 0 saturated heterocycles. The number of anilines is 1. The highest BCUT2D eigenvalue weighted by Crippen LogP contribution is 2.28. The summed E-state index contributed by atoms with van der Waals surface area (Å²) in [6.07, 6.45) is 5.00. The van der Waals surface area contributed by atoms with Crippen LogP contribution in [0.3, 0.4) is 0 Å². The molecule has 4 aromatic carbocycles. The molecule has 0 aliphatic rings. The molecule has 0 aliphatic heterocycles. The topological polar surface area (TPSA) is 85.9 Å². The molecule has 1 aromatic heterocycles. The van der Waals surface area contributed by atoms with E-state index in [9.17, 15) is 0 Å². The number of hydrogen-bond donors (Lipinski definition) is 1. The van der Waals surface area contributed by atoms with Gasteiger partial charge in [0.2, 0.25) is 0 Å². The number of ether oxygens (including phenoxy) is 2. The third kappa shape index (κ3) is 4.74. The molecule has 0 amide bonds. The Bertz CT molecular complexity index is 1560. The Kier molecular flexibility index (Phi) is 6.84. The van der Waals surface area contributed by atoms with Crippen LogP contribution < -0.4 is 14.9 Å². The van der Waals surface area contributed by atoms with E-state index >= 15 is 0 Å². The molecule has 0 radical (unpaired) electrons. The van der Waals surface area contributed by atoms with Gasteiger partial charge in [-0.1, -0.05) is 60.7 Å². The minimum atomic E-state index is 0.374. The Labute approximate surface area is 208 Å². The maximum absolute atomic E-state index is 5.84.